The van der Waals surface area contributed by atoms with E-state index < -0.39 is 0 Å². The lowest BCUT2D eigenvalue weighted by Gasteiger charge is -2.24. The van der Waals surface area contributed by atoms with Gasteiger partial charge in [0.15, 0.2) is 6.73 Å². The third-order valence-electron chi connectivity index (χ3n) is 5.93. The van der Waals surface area contributed by atoms with E-state index in [4.69, 9.17) is 9.47 Å². The number of carbonyl (C=O) groups excluding carboxylic acids is 2. The number of hydrogen-bond acceptors (Lipinski definition) is 5. The van der Waals surface area contributed by atoms with Crippen LogP contribution in [-0.2, 0) is 16.1 Å². The summed E-state index contributed by atoms with van der Waals surface area (Å²) in [5.74, 6) is 0.619. The third-order valence-corrected chi connectivity index (χ3v) is 5.93. The second-order valence-electron chi connectivity index (χ2n) is 8.96. The fourth-order valence-electron chi connectivity index (χ4n) is 3.96. The van der Waals surface area contributed by atoms with Crippen LogP contribution in [0.15, 0.2) is 103 Å². The molecule has 0 atom stereocenters. The van der Waals surface area contributed by atoms with Crippen LogP contribution in [0.3, 0.4) is 0 Å². The van der Waals surface area contributed by atoms with Crippen molar-refractivity contribution in [3.63, 3.8) is 0 Å². The first-order valence-corrected chi connectivity index (χ1v) is 12.8. The summed E-state index contributed by atoms with van der Waals surface area (Å²) in [4.78, 5) is 25.9. The molecule has 7 heteroatoms. The van der Waals surface area contributed by atoms with E-state index in [1.807, 2.05) is 90.8 Å². The summed E-state index contributed by atoms with van der Waals surface area (Å²) >= 11 is 0. The van der Waals surface area contributed by atoms with Gasteiger partial charge in [-0.2, -0.15) is 0 Å². The Bertz CT molecular complexity index is 1270. The van der Waals surface area contributed by atoms with Crippen LogP contribution in [0.1, 0.15) is 25.3 Å². The number of urea groups is 1. The van der Waals surface area contributed by atoms with Crippen molar-refractivity contribution >= 4 is 17.7 Å². The van der Waals surface area contributed by atoms with Crippen molar-refractivity contribution in [1.29, 1.82) is 0 Å². The lowest BCUT2D eigenvalue weighted by Crippen LogP contribution is -2.34. The van der Waals surface area contributed by atoms with Crippen molar-refractivity contribution in [3.05, 3.63) is 108 Å². The van der Waals surface area contributed by atoms with Crippen molar-refractivity contribution in [2.45, 2.75) is 26.4 Å². The molecule has 38 heavy (non-hydrogen) atoms. The van der Waals surface area contributed by atoms with E-state index >= 15 is 0 Å². The van der Waals surface area contributed by atoms with Crippen LogP contribution in [0.2, 0.25) is 0 Å². The first-order valence-electron chi connectivity index (χ1n) is 12.8. The van der Waals surface area contributed by atoms with Crippen LogP contribution in [0.25, 0.3) is 11.1 Å². The van der Waals surface area contributed by atoms with Gasteiger partial charge in [0.05, 0.1) is 0 Å². The number of rotatable bonds is 11. The highest BCUT2D eigenvalue weighted by Crippen LogP contribution is 2.30. The average Bonchev–Trinajstić information content (AvgIpc) is 2.96. The average molecular weight is 512 g/mol. The van der Waals surface area contributed by atoms with Gasteiger partial charge in [0.1, 0.15) is 12.4 Å². The molecule has 0 radical (unpaired) electrons. The molecule has 1 heterocycles. The topological polar surface area (TPSA) is 79.9 Å². The van der Waals surface area contributed by atoms with E-state index in [2.05, 4.69) is 28.8 Å². The Hall–Kier alpha value is -4.52. The molecule has 0 saturated carbocycles. The number of allylic oxidation sites excluding steroid dienone is 2. The van der Waals surface area contributed by atoms with Gasteiger partial charge in [-0.25, -0.2) is 4.79 Å². The van der Waals surface area contributed by atoms with E-state index in [-0.39, 0.29) is 18.7 Å². The van der Waals surface area contributed by atoms with Crippen LogP contribution in [-0.4, -0.2) is 36.7 Å². The SMILES string of the molecule is CCCC(=O)OCN1C=CC=C(CNC(=O)Nc2ccc(COc3ccccc3-c3ccccc3)cc2)C1. The number of anilines is 1. The summed E-state index contributed by atoms with van der Waals surface area (Å²) in [6.45, 7) is 3.53. The van der Waals surface area contributed by atoms with E-state index in [9.17, 15) is 9.59 Å². The van der Waals surface area contributed by atoms with Gasteiger partial charge in [0.2, 0.25) is 0 Å². The molecule has 196 valence electrons. The molecular weight excluding hydrogens is 478 g/mol. The van der Waals surface area contributed by atoms with E-state index in [0.717, 1.165) is 34.4 Å². The molecule has 0 spiro atoms. The van der Waals surface area contributed by atoms with Crippen LogP contribution < -0.4 is 15.4 Å². The largest absolute Gasteiger partial charge is 0.488 e. The van der Waals surface area contributed by atoms with Gasteiger partial charge < -0.3 is 25.0 Å². The Morgan fingerprint density at radius 3 is 2.50 bits per heavy atom. The molecule has 7 nitrogen and oxygen atoms in total. The molecule has 0 fully saturated rings. The van der Waals surface area contributed by atoms with Crippen molar-refractivity contribution in [2.75, 3.05) is 25.1 Å². The smallest absolute Gasteiger partial charge is 0.319 e. The van der Waals surface area contributed by atoms with Crippen LogP contribution in [0, 0.1) is 0 Å². The van der Waals surface area contributed by atoms with Crippen molar-refractivity contribution < 1.29 is 19.1 Å². The van der Waals surface area contributed by atoms with E-state index in [0.29, 0.717) is 31.8 Å². The van der Waals surface area contributed by atoms with Gasteiger partial charge in [-0.1, -0.05) is 73.7 Å². The van der Waals surface area contributed by atoms with Gasteiger partial charge in [0, 0.05) is 37.0 Å². The Balaban J connectivity index is 1.22. The van der Waals surface area contributed by atoms with Crippen molar-refractivity contribution in [3.8, 4) is 16.9 Å². The first-order chi connectivity index (χ1) is 18.6. The van der Waals surface area contributed by atoms with Crippen LogP contribution in [0.5, 0.6) is 5.75 Å². The lowest BCUT2D eigenvalue weighted by molar-refractivity contribution is -0.147. The quantitative estimate of drug-likeness (QED) is 0.304. The molecule has 3 aromatic carbocycles. The molecule has 0 bridgehead atoms. The molecule has 3 aromatic rings. The summed E-state index contributed by atoms with van der Waals surface area (Å²) in [6, 6.07) is 25.4. The Kier molecular flexibility index (Phi) is 9.56. The van der Waals surface area contributed by atoms with Crippen LogP contribution >= 0.6 is 0 Å². The first kappa shape index (κ1) is 26.5. The third kappa shape index (κ3) is 8.00. The molecule has 2 amide bonds. The van der Waals surface area contributed by atoms with E-state index in [1.165, 1.54) is 0 Å². The highest BCUT2D eigenvalue weighted by atomic mass is 16.5. The summed E-state index contributed by atoms with van der Waals surface area (Å²) in [7, 11) is 0. The van der Waals surface area contributed by atoms with Gasteiger partial charge >= 0.3 is 12.0 Å². The number of nitrogens with one attached hydrogen (secondary N) is 2. The van der Waals surface area contributed by atoms with Gasteiger partial charge in [-0.3, -0.25) is 4.79 Å². The second-order valence-corrected chi connectivity index (χ2v) is 8.96. The molecule has 1 aliphatic rings. The maximum Gasteiger partial charge on any atom is 0.319 e. The Morgan fingerprint density at radius 1 is 0.947 bits per heavy atom. The Labute approximate surface area is 223 Å². The molecule has 0 saturated heterocycles. The minimum Gasteiger partial charge on any atom is -0.488 e. The fourth-order valence-corrected chi connectivity index (χ4v) is 3.96. The number of esters is 1. The predicted octanol–water partition coefficient (Wildman–Crippen LogP) is 6.11. The molecular formula is C31H33N3O4. The number of hydrogen-bond donors (Lipinski definition) is 2. The zero-order chi connectivity index (χ0) is 26.6. The molecule has 4 rings (SSSR count). The van der Waals surface area contributed by atoms with Gasteiger partial charge in [0.25, 0.3) is 0 Å². The number of carbonyl (C=O) groups is 2. The van der Waals surface area contributed by atoms with Gasteiger partial charge in [-0.15, -0.1) is 0 Å². The van der Waals surface area contributed by atoms with Crippen molar-refractivity contribution in [2.24, 2.45) is 0 Å². The fraction of sp³-hybridized carbons (Fsp3) is 0.226. The number of para-hydroxylation sites is 1. The highest BCUT2D eigenvalue weighted by Gasteiger charge is 2.11. The zero-order valence-electron chi connectivity index (χ0n) is 21.6. The lowest BCUT2D eigenvalue weighted by atomic mass is 10.0. The monoisotopic (exact) mass is 511 g/mol. The maximum atomic E-state index is 12.4. The summed E-state index contributed by atoms with van der Waals surface area (Å²) in [5.41, 5.74) is 4.86. The maximum absolute atomic E-state index is 12.4. The normalized spacial score (nSPS) is 12.4. The molecule has 2 N–H and O–H groups in total. The number of nitrogens with zero attached hydrogens (tertiary/aromatic N) is 1. The predicted molar refractivity (Wildman–Crippen MR) is 149 cm³/mol. The summed E-state index contributed by atoms with van der Waals surface area (Å²) < 4.78 is 11.4. The second kappa shape index (κ2) is 13.7. The minimum absolute atomic E-state index is 0.201. The standard InChI is InChI=1S/C31H33N3O4/c1-2-9-30(35)38-23-34-19-8-10-25(21-34)20-32-31(36)33-27-17-15-24(16-18-27)22-37-29-14-7-6-13-28(29)26-11-4-3-5-12-26/h3-8,10-19H,2,9,20-23H2,1H3,(H2,32,33,36). The van der Waals surface area contributed by atoms with Crippen molar-refractivity contribution in [1.82, 2.24) is 10.2 Å². The zero-order valence-corrected chi connectivity index (χ0v) is 21.6. The van der Waals surface area contributed by atoms with E-state index in [1.54, 1.807) is 0 Å². The van der Waals surface area contributed by atoms with Gasteiger partial charge in [-0.05, 0) is 47.4 Å². The Morgan fingerprint density at radius 2 is 1.71 bits per heavy atom. The summed E-state index contributed by atoms with van der Waals surface area (Å²) in [6.07, 6.45) is 6.88. The number of ether oxygens (including phenoxy) is 2. The summed E-state index contributed by atoms with van der Waals surface area (Å²) in [5, 5.41) is 5.74. The number of amides is 2. The molecule has 0 unspecified atom stereocenters. The minimum atomic E-state index is -0.290. The number of benzene rings is 3. The highest BCUT2D eigenvalue weighted by molar-refractivity contribution is 5.89. The molecule has 0 aromatic heterocycles. The van der Waals surface area contributed by atoms with Crippen LogP contribution in [0.4, 0.5) is 10.5 Å². The molecule has 1 aliphatic heterocycles. The molecule has 0 aliphatic carbocycles.